The topological polar surface area (TPSA) is 94.2 Å². The van der Waals surface area contributed by atoms with Crippen LogP contribution in [0.1, 0.15) is 32.1 Å². The molecule has 7 nitrogen and oxygen atoms in total. The summed E-state index contributed by atoms with van der Waals surface area (Å²) in [6, 6.07) is 1.85. The lowest BCUT2D eigenvalue weighted by Crippen LogP contribution is -2.14. The number of hydrogen-bond donors (Lipinski definition) is 1. The number of aromatic amines is 1. The fraction of sp³-hybridized carbons (Fsp3) is 0.250. The van der Waals surface area contributed by atoms with Gasteiger partial charge < -0.3 is 14.5 Å². The van der Waals surface area contributed by atoms with Crippen LogP contribution in [0.4, 0.5) is 0 Å². The zero-order valence-electron chi connectivity index (χ0n) is 13.4. The number of H-pyrrole nitrogens is 1. The minimum atomic E-state index is -0.475. The Bertz CT molecular complexity index is 929. The van der Waals surface area contributed by atoms with E-state index in [0.29, 0.717) is 28.4 Å². The number of carbonyl (C=O) groups is 2. The Morgan fingerprint density at radius 3 is 2.83 bits per heavy atom. The zero-order chi connectivity index (χ0) is 17.3. The molecule has 0 spiro atoms. The van der Waals surface area contributed by atoms with E-state index in [1.165, 1.54) is 24.8 Å². The van der Waals surface area contributed by atoms with Crippen molar-refractivity contribution < 1.29 is 19.1 Å². The van der Waals surface area contributed by atoms with Crippen molar-refractivity contribution in [3.05, 3.63) is 40.3 Å². The summed E-state index contributed by atoms with van der Waals surface area (Å²) < 4.78 is 10.3. The van der Waals surface area contributed by atoms with Crippen LogP contribution in [0.25, 0.3) is 10.2 Å². The van der Waals surface area contributed by atoms with Crippen LogP contribution in [0, 0.1) is 13.8 Å². The Morgan fingerprint density at radius 2 is 2.08 bits per heavy atom. The SMILES string of the molecule is COC(=O)c1c(C)[nH]c(C(=O)COc2ncnc3sccc23)c1C. The van der Waals surface area contributed by atoms with Gasteiger partial charge >= 0.3 is 5.97 Å². The minimum absolute atomic E-state index is 0.191. The van der Waals surface area contributed by atoms with Crippen molar-refractivity contribution in [2.45, 2.75) is 13.8 Å². The van der Waals surface area contributed by atoms with E-state index in [0.717, 1.165) is 10.2 Å². The Labute approximate surface area is 141 Å². The third kappa shape index (κ3) is 2.76. The molecule has 0 unspecified atom stereocenters. The summed E-state index contributed by atoms with van der Waals surface area (Å²) in [5.41, 5.74) is 1.85. The normalized spacial score (nSPS) is 10.8. The highest BCUT2D eigenvalue weighted by atomic mass is 32.1. The Balaban J connectivity index is 1.81. The van der Waals surface area contributed by atoms with Crippen LogP contribution in [0.15, 0.2) is 17.8 Å². The maximum absolute atomic E-state index is 12.4. The molecule has 0 bridgehead atoms. The molecule has 0 fully saturated rings. The number of ether oxygens (including phenoxy) is 2. The van der Waals surface area contributed by atoms with Gasteiger partial charge in [-0.15, -0.1) is 11.3 Å². The van der Waals surface area contributed by atoms with Gasteiger partial charge in [0.25, 0.3) is 0 Å². The second kappa shape index (κ2) is 6.40. The van der Waals surface area contributed by atoms with Gasteiger partial charge in [0, 0.05) is 5.69 Å². The van der Waals surface area contributed by atoms with Crippen molar-refractivity contribution in [1.29, 1.82) is 0 Å². The summed E-state index contributed by atoms with van der Waals surface area (Å²) in [6.45, 7) is 3.23. The number of methoxy groups -OCH3 is 1. The van der Waals surface area contributed by atoms with Crippen LogP contribution in [-0.2, 0) is 4.74 Å². The van der Waals surface area contributed by atoms with E-state index in [2.05, 4.69) is 15.0 Å². The summed E-state index contributed by atoms with van der Waals surface area (Å²) >= 11 is 1.47. The summed E-state index contributed by atoms with van der Waals surface area (Å²) in [7, 11) is 1.31. The number of thiophene rings is 1. The van der Waals surface area contributed by atoms with E-state index in [9.17, 15) is 9.59 Å². The van der Waals surface area contributed by atoms with Gasteiger partial charge in [-0.3, -0.25) is 4.79 Å². The first-order valence-electron chi connectivity index (χ1n) is 7.14. The van der Waals surface area contributed by atoms with Gasteiger partial charge in [0.1, 0.15) is 11.2 Å². The van der Waals surface area contributed by atoms with E-state index in [-0.39, 0.29) is 12.4 Å². The summed E-state index contributed by atoms with van der Waals surface area (Å²) in [4.78, 5) is 36.2. The van der Waals surface area contributed by atoms with E-state index in [4.69, 9.17) is 9.47 Å². The Kier molecular flexibility index (Phi) is 4.30. The van der Waals surface area contributed by atoms with Gasteiger partial charge in [0.15, 0.2) is 6.61 Å². The maximum Gasteiger partial charge on any atom is 0.339 e. The number of carbonyl (C=O) groups excluding carboxylic acids is 2. The third-order valence-electron chi connectivity index (χ3n) is 3.67. The van der Waals surface area contributed by atoms with E-state index in [1.54, 1.807) is 13.8 Å². The van der Waals surface area contributed by atoms with E-state index in [1.807, 2.05) is 11.4 Å². The highest BCUT2D eigenvalue weighted by Gasteiger charge is 2.23. The summed E-state index contributed by atoms with van der Waals surface area (Å²) in [5, 5.41) is 2.65. The van der Waals surface area contributed by atoms with Crippen molar-refractivity contribution in [1.82, 2.24) is 15.0 Å². The highest BCUT2D eigenvalue weighted by Crippen LogP contribution is 2.26. The molecule has 3 aromatic rings. The lowest BCUT2D eigenvalue weighted by atomic mass is 10.1. The van der Waals surface area contributed by atoms with Crippen LogP contribution in [-0.4, -0.2) is 40.4 Å². The molecule has 0 aliphatic rings. The number of fused-ring (bicyclic) bond motifs is 1. The number of nitrogens with zero attached hydrogens (tertiary/aromatic N) is 2. The number of rotatable bonds is 5. The molecule has 0 aliphatic heterocycles. The first kappa shape index (κ1) is 16.1. The van der Waals surface area contributed by atoms with Gasteiger partial charge in [0.05, 0.1) is 23.8 Å². The largest absolute Gasteiger partial charge is 0.469 e. The maximum atomic E-state index is 12.4. The molecule has 124 valence electrons. The molecule has 0 aliphatic carbocycles. The molecule has 0 saturated heterocycles. The number of Topliss-reactive ketones (excluding diaryl/α,β-unsaturated/α-hetero) is 1. The van der Waals surface area contributed by atoms with E-state index >= 15 is 0 Å². The van der Waals surface area contributed by atoms with Gasteiger partial charge in [-0.1, -0.05) is 0 Å². The number of nitrogens with one attached hydrogen (secondary N) is 1. The molecular formula is C16H15N3O4S. The fourth-order valence-electron chi connectivity index (χ4n) is 2.53. The molecule has 8 heteroatoms. The number of esters is 1. The predicted molar refractivity (Wildman–Crippen MR) is 88.8 cm³/mol. The van der Waals surface area contributed by atoms with Crippen molar-refractivity contribution >= 4 is 33.3 Å². The van der Waals surface area contributed by atoms with Gasteiger partial charge in [-0.25, -0.2) is 14.8 Å². The van der Waals surface area contributed by atoms with Gasteiger partial charge in [0.2, 0.25) is 11.7 Å². The molecule has 1 N–H and O–H groups in total. The highest BCUT2D eigenvalue weighted by molar-refractivity contribution is 7.16. The molecule has 0 atom stereocenters. The van der Waals surface area contributed by atoms with Crippen LogP contribution in [0.3, 0.4) is 0 Å². The number of ketones is 1. The standard InChI is InChI=1S/C16H15N3O4S/c1-8-12(16(21)22-3)9(2)19-13(8)11(20)6-23-14-10-4-5-24-15(10)18-7-17-14/h4-5,7,19H,6H2,1-3H3. The monoisotopic (exact) mass is 345 g/mol. The van der Waals surface area contributed by atoms with Crippen molar-refractivity contribution in [3.63, 3.8) is 0 Å². The summed E-state index contributed by atoms with van der Waals surface area (Å²) in [6.07, 6.45) is 1.40. The molecule has 3 heterocycles. The van der Waals surface area contributed by atoms with Gasteiger partial charge in [-0.2, -0.15) is 0 Å². The molecule has 0 aromatic carbocycles. The number of aromatic nitrogens is 3. The zero-order valence-corrected chi connectivity index (χ0v) is 14.2. The van der Waals surface area contributed by atoms with Crippen molar-refractivity contribution in [2.75, 3.05) is 13.7 Å². The Hall–Kier alpha value is -2.74. The fourth-order valence-corrected chi connectivity index (χ4v) is 3.25. The smallest absolute Gasteiger partial charge is 0.339 e. The summed E-state index contributed by atoms with van der Waals surface area (Å²) in [5.74, 6) is -0.381. The molecule has 0 amide bonds. The quantitative estimate of drug-likeness (QED) is 0.564. The molecule has 0 saturated carbocycles. The second-order valence-corrected chi connectivity index (χ2v) is 6.04. The van der Waals surface area contributed by atoms with Crippen LogP contribution in [0.2, 0.25) is 0 Å². The average molecular weight is 345 g/mol. The van der Waals surface area contributed by atoms with Gasteiger partial charge in [-0.05, 0) is 30.9 Å². The molecule has 3 aromatic heterocycles. The molecular weight excluding hydrogens is 330 g/mol. The van der Waals surface area contributed by atoms with Crippen LogP contribution < -0.4 is 4.74 Å². The molecule has 24 heavy (non-hydrogen) atoms. The van der Waals surface area contributed by atoms with Crippen molar-refractivity contribution in [3.8, 4) is 5.88 Å². The number of aryl methyl sites for hydroxylation is 1. The van der Waals surface area contributed by atoms with E-state index < -0.39 is 5.97 Å². The third-order valence-corrected chi connectivity index (χ3v) is 4.49. The molecule has 0 radical (unpaired) electrons. The average Bonchev–Trinajstić information content (AvgIpc) is 3.16. The Morgan fingerprint density at radius 1 is 1.29 bits per heavy atom. The lowest BCUT2D eigenvalue weighted by Gasteiger charge is -2.05. The minimum Gasteiger partial charge on any atom is -0.469 e. The van der Waals surface area contributed by atoms with Crippen molar-refractivity contribution in [2.24, 2.45) is 0 Å². The second-order valence-electron chi connectivity index (χ2n) is 5.15. The van der Waals surface area contributed by atoms with Crippen LogP contribution in [0.5, 0.6) is 5.88 Å². The van der Waals surface area contributed by atoms with Crippen LogP contribution >= 0.6 is 11.3 Å². The predicted octanol–water partition coefficient (Wildman–Crippen LogP) is 2.68. The number of hydrogen-bond acceptors (Lipinski definition) is 7. The lowest BCUT2D eigenvalue weighted by molar-refractivity contribution is 0.0599. The first-order valence-corrected chi connectivity index (χ1v) is 8.02. The molecule has 3 rings (SSSR count). The first-order chi connectivity index (χ1) is 11.5.